The summed E-state index contributed by atoms with van der Waals surface area (Å²) in [5, 5.41) is 0.984. The average Bonchev–Trinajstić information content (AvgIpc) is 2.89. The lowest BCUT2D eigenvalue weighted by Gasteiger charge is -2.20. The number of benzene rings is 1. The fourth-order valence-corrected chi connectivity index (χ4v) is 3.49. The largest absolute Gasteiger partial charge is 0.362 e. The van der Waals surface area contributed by atoms with Crippen molar-refractivity contribution in [3.63, 3.8) is 0 Å². The molecule has 6 nitrogen and oxygen atoms in total. The van der Waals surface area contributed by atoms with Gasteiger partial charge in [-0.05, 0) is 30.7 Å². The highest BCUT2D eigenvalue weighted by molar-refractivity contribution is 5.98. The fraction of sp³-hybridized carbons (Fsp3) is 0.300. The zero-order valence-corrected chi connectivity index (χ0v) is 15.0. The van der Waals surface area contributed by atoms with Crippen LogP contribution in [0.1, 0.15) is 21.6 Å². The maximum Gasteiger partial charge on any atom is 0.253 e. The van der Waals surface area contributed by atoms with Crippen molar-refractivity contribution in [3.05, 3.63) is 59.7 Å². The van der Waals surface area contributed by atoms with Gasteiger partial charge in [0.25, 0.3) is 5.91 Å². The van der Waals surface area contributed by atoms with Crippen molar-refractivity contribution >= 4 is 22.6 Å². The van der Waals surface area contributed by atoms with Gasteiger partial charge in [-0.25, -0.2) is 9.97 Å². The molecule has 0 aliphatic carbocycles. The summed E-state index contributed by atoms with van der Waals surface area (Å²) in [5.74, 6) is 1.00. The molecule has 0 bridgehead atoms. The first kappa shape index (κ1) is 16.4. The van der Waals surface area contributed by atoms with Crippen LogP contribution in [0.25, 0.3) is 10.9 Å². The minimum absolute atomic E-state index is 0.0583. The Hall–Kier alpha value is -3.02. The van der Waals surface area contributed by atoms with Crippen molar-refractivity contribution < 1.29 is 4.79 Å². The summed E-state index contributed by atoms with van der Waals surface area (Å²) >= 11 is 0. The fourth-order valence-electron chi connectivity index (χ4n) is 3.49. The van der Waals surface area contributed by atoms with Gasteiger partial charge in [-0.15, -0.1) is 0 Å². The molecule has 132 valence electrons. The van der Waals surface area contributed by atoms with Crippen LogP contribution in [0.2, 0.25) is 0 Å². The van der Waals surface area contributed by atoms with Crippen molar-refractivity contribution in [2.24, 2.45) is 0 Å². The average molecular weight is 347 g/mol. The van der Waals surface area contributed by atoms with E-state index in [4.69, 9.17) is 0 Å². The highest BCUT2D eigenvalue weighted by Crippen LogP contribution is 2.23. The Morgan fingerprint density at radius 3 is 2.77 bits per heavy atom. The Morgan fingerprint density at radius 1 is 1.08 bits per heavy atom. The second-order valence-corrected chi connectivity index (χ2v) is 6.72. The van der Waals surface area contributed by atoms with Crippen molar-refractivity contribution in [2.45, 2.75) is 12.8 Å². The van der Waals surface area contributed by atoms with E-state index in [9.17, 15) is 4.79 Å². The number of carbonyl (C=O) groups excluding carboxylic acids is 1. The van der Waals surface area contributed by atoms with E-state index in [1.165, 1.54) is 0 Å². The summed E-state index contributed by atoms with van der Waals surface area (Å²) in [5.41, 5.74) is 3.80. The number of anilines is 1. The van der Waals surface area contributed by atoms with Crippen molar-refractivity contribution in [2.75, 3.05) is 32.1 Å². The lowest BCUT2D eigenvalue weighted by atomic mass is 10.1. The van der Waals surface area contributed by atoms with E-state index in [0.717, 1.165) is 40.8 Å². The number of aromatic nitrogens is 3. The number of amides is 1. The van der Waals surface area contributed by atoms with E-state index >= 15 is 0 Å². The van der Waals surface area contributed by atoms with Gasteiger partial charge in [-0.1, -0.05) is 6.07 Å². The van der Waals surface area contributed by atoms with Gasteiger partial charge in [-0.3, -0.25) is 9.78 Å². The summed E-state index contributed by atoms with van der Waals surface area (Å²) in [7, 11) is 3.97. The van der Waals surface area contributed by atoms with Gasteiger partial charge in [-0.2, -0.15) is 0 Å². The van der Waals surface area contributed by atoms with E-state index < -0.39 is 0 Å². The minimum atomic E-state index is 0.0583. The molecule has 0 saturated heterocycles. The monoisotopic (exact) mass is 347 g/mol. The Labute approximate surface area is 152 Å². The van der Waals surface area contributed by atoms with Gasteiger partial charge in [0.15, 0.2) is 0 Å². The second-order valence-electron chi connectivity index (χ2n) is 6.72. The van der Waals surface area contributed by atoms with Gasteiger partial charge in [0.05, 0.1) is 11.2 Å². The quantitative estimate of drug-likeness (QED) is 0.712. The molecule has 6 heteroatoms. The summed E-state index contributed by atoms with van der Waals surface area (Å²) < 4.78 is 0. The van der Waals surface area contributed by atoms with Crippen LogP contribution in [0.3, 0.4) is 0 Å². The standard InChI is InChI=1S/C20H21N5O/c1-24(2)19-16-7-10-25(11-8-18(16)22-13-23-19)20(26)15-5-6-17-14(12-15)4-3-9-21-17/h3-6,9,12-13H,7-8,10-11H2,1-2H3. The summed E-state index contributed by atoms with van der Waals surface area (Å²) in [4.78, 5) is 30.1. The van der Waals surface area contributed by atoms with Crippen LogP contribution in [-0.2, 0) is 12.8 Å². The summed E-state index contributed by atoms with van der Waals surface area (Å²) in [6, 6.07) is 9.57. The van der Waals surface area contributed by atoms with Gasteiger partial charge in [0, 0.05) is 56.3 Å². The van der Waals surface area contributed by atoms with Crippen LogP contribution in [0.15, 0.2) is 42.9 Å². The third-order valence-corrected chi connectivity index (χ3v) is 4.82. The first-order chi connectivity index (χ1) is 12.6. The third-order valence-electron chi connectivity index (χ3n) is 4.82. The predicted octanol–water partition coefficient (Wildman–Crippen LogP) is 2.33. The van der Waals surface area contributed by atoms with Crippen LogP contribution in [0.4, 0.5) is 5.82 Å². The van der Waals surface area contributed by atoms with E-state index in [1.54, 1.807) is 12.5 Å². The first-order valence-corrected chi connectivity index (χ1v) is 8.77. The van der Waals surface area contributed by atoms with Crippen LogP contribution < -0.4 is 4.90 Å². The molecule has 3 aromatic rings. The minimum Gasteiger partial charge on any atom is -0.362 e. The Kier molecular flexibility index (Phi) is 4.24. The predicted molar refractivity (Wildman–Crippen MR) is 101 cm³/mol. The van der Waals surface area contributed by atoms with Gasteiger partial charge < -0.3 is 9.80 Å². The number of pyridine rings is 1. The molecule has 3 heterocycles. The Balaban J connectivity index is 1.59. The molecule has 0 fully saturated rings. The molecule has 0 unspecified atom stereocenters. The molecule has 4 rings (SSSR count). The molecule has 0 spiro atoms. The number of fused-ring (bicyclic) bond motifs is 2. The molecule has 0 radical (unpaired) electrons. The zero-order chi connectivity index (χ0) is 18.1. The molecular weight excluding hydrogens is 326 g/mol. The number of hydrogen-bond acceptors (Lipinski definition) is 5. The molecule has 2 aromatic heterocycles. The van der Waals surface area contributed by atoms with E-state index in [2.05, 4.69) is 15.0 Å². The highest BCUT2D eigenvalue weighted by atomic mass is 16.2. The molecule has 1 aliphatic rings. The van der Waals surface area contributed by atoms with Gasteiger partial charge in [0.2, 0.25) is 0 Å². The molecule has 0 saturated carbocycles. The summed E-state index contributed by atoms with van der Waals surface area (Å²) in [6.07, 6.45) is 4.89. The first-order valence-electron chi connectivity index (χ1n) is 8.77. The Bertz CT molecular complexity index is 969. The van der Waals surface area contributed by atoms with Crippen LogP contribution in [0, 0.1) is 0 Å². The molecule has 1 aromatic carbocycles. The maximum atomic E-state index is 13.0. The lowest BCUT2D eigenvalue weighted by molar-refractivity contribution is 0.0763. The maximum absolute atomic E-state index is 13.0. The second kappa shape index (κ2) is 6.71. The third kappa shape index (κ3) is 2.98. The van der Waals surface area contributed by atoms with Gasteiger partial charge >= 0.3 is 0 Å². The normalized spacial score (nSPS) is 14.0. The smallest absolute Gasteiger partial charge is 0.253 e. The van der Waals surface area contributed by atoms with E-state index in [0.29, 0.717) is 18.7 Å². The topological polar surface area (TPSA) is 62.2 Å². The van der Waals surface area contributed by atoms with Crippen LogP contribution in [-0.4, -0.2) is 52.9 Å². The molecule has 0 N–H and O–H groups in total. The number of nitrogens with zero attached hydrogens (tertiary/aromatic N) is 5. The summed E-state index contributed by atoms with van der Waals surface area (Å²) in [6.45, 7) is 1.34. The number of carbonyl (C=O) groups is 1. The zero-order valence-electron chi connectivity index (χ0n) is 15.0. The van der Waals surface area contributed by atoms with Gasteiger partial charge in [0.1, 0.15) is 12.1 Å². The van der Waals surface area contributed by atoms with Crippen LogP contribution >= 0.6 is 0 Å². The SMILES string of the molecule is CN(C)c1ncnc2c1CCN(C(=O)c1ccc3ncccc3c1)CC2. The molecule has 0 atom stereocenters. The van der Waals surface area contributed by atoms with E-state index in [-0.39, 0.29) is 5.91 Å². The molecule has 26 heavy (non-hydrogen) atoms. The highest BCUT2D eigenvalue weighted by Gasteiger charge is 2.23. The molecule has 1 amide bonds. The number of rotatable bonds is 2. The molecule has 1 aliphatic heterocycles. The van der Waals surface area contributed by atoms with E-state index in [1.807, 2.05) is 54.2 Å². The lowest BCUT2D eigenvalue weighted by Crippen LogP contribution is -2.33. The van der Waals surface area contributed by atoms with Crippen molar-refractivity contribution in [1.29, 1.82) is 0 Å². The Morgan fingerprint density at radius 2 is 1.92 bits per heavy atom. The van der Waals surface area contributed by atoms with Crippen molar-refractivity contribution in [3.8, 4) is 0 Å². The van der Waals surface area contributed by atoms with Crippen LogP contribution in [0.5, 0.6) is 0 Å². The number of hydrogen-bond donors (Lipinski definition) is 0. The molecular formula is C20H21N5O. The van der Waals surface area contributed by atoms with Crippen molar-refractivity contribution in [1.82, 2.24) is 19.9 Å².